The molecule has 0 radical (unpaired) electrons. The Hall–Kier alpha value is -1.43. The third-order valence-electron chi connectivity index (χ3n) is 3.08. The van der Waals surface area contributed by atoms with Crippen molar-refractivity contribution in [1.82, 2.24) is 10.6 Å². The lowest BCUT2D eigenvalue weighted by Crippen LogP contribution is -2.46. The number of ether oxygens (including phenoxy) is 2. The van der Waals surface area contributed by atoms with Crippen LogP contribution in [0.15, 0.2) is 30.3 Å². The average Bonchev–Trinajstić information content (AvgIpc) is 2.48. The van der Waals surface area contributed by atoms with Crippen LogP contribution < -0.4 is 10.6 Å². The fourth-order valence-corrected chi connectivity index (χ4v) is 2.08. The minimum Gasteiger partial charge on any atom is -0.374 e. The van der Waals surface area contributed by atoms with Gasteiger partial charge in [0.25, 0.3) is 5.91 Å². The summed E-state index contributed by atoms with van der Waals surface area (Å²) in [6.07, 6.45) is -0.538. The molecule has 0 bridgehead atoms. The summed E-state index contributed by atoms with van der Waals surface area (Å²) in [7, 11) is 1.54. The van der Waals surface area contributed by atoms with Crippen LogP contribution in [-0.2, 0) is 14.3 Å². The van der Waals surface area contributed by atoms with Gasteiger partial charge in [-0.1, -0.05) is 30.3 Å². The molecule has 1 saturated heterocycles. The van der Waals surface area contributed by atoms with E-state index < -0.39 is 6.10 Å². The number of benzene rings is 1. The van der Waals surface area contributed by atoms with E-state index in [9.17, 15) is 4.79 Å². The van der Waals surface area contributed by atoms with Crippen LogP contribution >= 0.6 is 0 Å². The first-order valence-corrected chi connectivity index (χ1v) is 6.49. The minimum atomic E-state index is -0.572. The van der Waals surface area contributed by atoms with Gasteiger partial charge in [0.15, 0.2) is 6.10 Å². The lowest BCUT2D eigenvalue weighted by molar-refractivity contribution is -0.132. The van der Waals surface area contributed by atoms with Crippen LogP contribution in [0.4, 0.5) is 0 Å². The molecule has 0 saturated carbocycles. The zero-order chi connectivity index (χ0) is 13.5. The van der Waals surface area contributed by atoms with Gasteiger partial charge in [-0.2, -0.15) is 0 Å². The van der Waals surface area contributed by atoms with Crippen molar-refractivity contribution in [3.05, 3.63) is 35.9 Å². The lowest BCUT2D eigenvalue weighted by Gasteiger charge is -2.24. The maximum absolute atomic E-state index is 12.1. The van der Waals surface area contributed by atoms with Crippen LogP contribution in [0.25, 0.3) is 0 Å². The maximum atomic E-state index is 12.1. The van der Waals surface area contributed by atoms with Gasteiger partial charge in [-0.3, -0.25) is 4.79 Å². The Morgan fingerprint density at radius 2 is 2.32 bits per heavy atom. The molecule has 1 fully saturated rings. The molecule has 0 aromatic heterocycles. The number of nitrogens with one attached hydrogen (secondary N) is 2. The number of amides is 1. The zero-order valence-corrected chi connectivity index (χ0v) is 11.1. The lowest BCUT2D eigenvalue weighted by atomic mass is 10.1. The van der Waals surface area contributed by atoms with Crippen LogP contribution in [0, 0.1) is 0 Å². The van der Waals surface area contributed by atoms with Gasteiger partial charge in [0.1, 0.15) is 0 Å². The monoisotopic (exact) mass is 264 g/mol. The van der Waals surface area contributed by atoms with Crippen LogP contribution in [0.2, 0.25) is 0 Å². The summed E-state index contributed by atoms with van der Waals surface area (Å²) in [6, 6.07) is 9.46. The third-order valence-corrected chi connectivity index (χ3v) is 3.08. The highest BCUT2D eigenvalue weighted by atomic mass is 16.5. The number of carbonyl (C=O) groups excluding carboxylic acids is 1. The van der Waals surface area contributed by atoms with E-state index in [1.165, 1.54) is 7.11 Å². The fourth-order valence-electron chi connectivity index (χ4n) is 2.08. The van der Waals surface area contributed by atoms with Crippen LogP contribution in [0.5, 0.6) is 0 Å². The predicted octanol–water partition coefficient (Wildman–Crippen LogP) is 0.479. The highest BCUT2D eigenvalue weighted by Crippen LogP contribution is 2.16. The van der Waals surface area contributed by atoms with Gasteiger partial charge in [-0.05, 0) is 5.56 Å². The molecule has 0 aliphatic carbocycles. The number of carbonyl (C=O) groups is 1. The quantitative estimate of drug-likeness (QED) is 0.812. The van der Waals surface area contributed by atoms with Crippen molar-refractivity contribution in [2.75, 3.05) is 33.4 Å². The Kier molecular flexibility index (Phi) is 5.32. The second-order valence-corrected chi connectivity index (χ2v) is 4.47. The summed E-state index contributed by atoms with van der Waals surface area (Å²) in [5.41, 5.74) is 0.852. The number of rotatable bonds is 5. The van der Waals surface area contributed by atoms with Crippen molar-refractivity contribution in [3.8, 4) is 0 Å². The van der Waals surface area contributed by atoms with Crippen molar-refractivity contribution in [2.24, 2.45) is 0 Å². The molecule has 2 unspecified atom stereocenters. The number of morpholine rings is 1. The van der Waals surface area contributed by atoms with E-state index in [-0.39, 0.29) is 12.0 Å². The molecule has 0 spiro atoms. The Morgan fingerprint density at radius 1 is 1.53 bits per heavy atom. The molecule has 2 N–H and O–H groups in total. The first-order chi connectivity index (χ1) is 9.31. The van der Waals surface area contributed by atoms with E-state index in [1.54, 1.807) is 0 Å². The molecule has 1 aromatic carbocycles. The van der Waals surface area contributed by atoms with Crippen molar-refractivity contribution < 1.29 is 14.3 Å². The SMILES string of the molecule is COC(C(=O)NCC1CNCCO1)c1ccccc1. The summed E-state index contributed by atoms with van der Waals surface area (Å²) in [6.45, 7) is 2.82. The Labute approximate surface area is 113 Å². The fraction of sp³-hybridized carbons (Fsp3) is 0.500. The van der Waals surface area contributed by atoms with Gasteiger partial charge in [0.05, 0.1) is 12.7 Å². The molecule has 2 atom stereocenters. The molecule has 1 amide bonds. The largest absolute Gasteiger partial charge is 0.374 e. The van der Waals surface area contributed by atoms with Gasteiger partial charge in [-0.25, -0.2) is 0 Å². The first kappa shape index (κ1) is 14.0. The number of hydrogen-bond acceptors (Lipinski definition) is 4. The first-order valence-electron chi connectivity index (χ1n) is 6.49. The van der Waals surface area contributed by atoms with Gasteiger partial charge < -0.3 is 20.1 Å². The van der Waals surface area contributed by atoms with E-state index >= 15 is 0 Å². The molecule has 5 heteroatoms. The summed E-state index contributed by atoms with van der Waals surface area (Å²) >= 11 is 0. The third kappa shape index (κ3) is 4.02. The molecule has 1 heterocycles. The zero-order valence-electron chi connectivity index (χ0n) is 11.1. The molecule has 1 aromatic rings. The summed E-state index contributed by atoms with van der Waals surface area (Å²) < 4.78 is 10.8. The summed E-state index contributed by atoms with van der Waals surface area (Å²) in [4.78, 5) is 12.1. The van der Waals surface area contributed by atoms with E-state index in [4.69, 9.17) is 9.47 Å². The van der Waals surface area contributed by atoms with E-state index in [0.29, 0.717) is 13.2 Å². The summed E-state index contributed by atoms with van der Waals surface area (Å²) in [5.74, 6) is -0.136. The van der Waals surface area contributed by atoms with Crippen LogP contribution in [-0.4, -0.2) is 45.4 Å². The topological polar surface area (TPSA) is 59.6 Å². The second-order valence-electron chi connectivity index (χ2n) is 4.47. The Balaban J connectivity index is 1.86. The molecule has 2 rings (SSSR count). The van der Waals surface area contributed by atoms with Crippen molar-refractivity contribution in [2.45, 2.75) is 12.2 Å². The smallest absolute Gasteiger partial charge is 0.253 e. The maximum Gasteiger partial charge on any atom is 0.253 e. The molecule has 1 aliphatic rings. The molecule has 19 heavy (non-hydrogen) atoms. The van der Waals surface area contributed by atoms with E-state index in [1.807, 2.05) is 30.3 Å². The van der Waals surface area contributed by atoms with E-state index in [2.05, 4.69) is 10.6 Å². The summed E-state index contributed by atoms with van der Waals surface area (Å²) in [5, 5.41) is 6.10. The van der Waals surface area contributed by atoms with Crippen LogP contribution in [0.3, 0.4) is 0 Å². The number of hydrogen-bond donors (Lipinski definition) is 2. The Bertz CT molecular complexity index is 391. The molecule has 5 nitrogen and oxygen atoms in total. The van der Waals surface area contributed by atoms with Gasteiger partial charge in [-0.15, -0.1) is 0 Å². The van der Waals surface area contributed by atoms with Crippen molar-refractivity contribution in [3.63, 3.8) is 0 Å². The van der Waals surface area contributed by atoms with Gasteiger partial charge in [0, 0.05) is 26.7 Å². The normalized spacial score (nSPS) is 20.8. The van der Waals surface area contributed by atoms with Crippen LogP contribution in [0.1, 0.15) is 11.7 Å². The molecular formula is C14H20N2O3. The van der Waals surface area contributed by atoms with E-state index in [0.717, 1.165) is 18.7 Å². The van der Waals surface area contributed by atoms with Gasteiger partial charge >= 0.3 is 0 Å². The minimum absolute atomic E-state index is 0.0333. The van der Waals surface area contributed by atoms with Crippen molar-refractivity contribution >= 4 is 5.91 Å². The number of methoxy groups -OCH3 is 1. The van der Waals surface area contributed by atoms with Crippen molar-refractivity contribution in [1.29, 1.82) is 0 Å². The molecule has 1 aliphatic heterocycles. The molecular weight excluding hydrogens is 244 g/mol. The highest BCUT2D eigenvalue weighted by Gasteiger charge is 2.21. The standard InChI is InChI=1S/C14H20N2O3/c1-18-13(11-5-3-2-4-6-11)14(17)16-10-12-9-15-7-8-19-12/h2-6,12-13,15H,7-10H2,1H3,(H,16,17). The highest BCUT2D eigenvalue weighted by molar-refractivity contribution is 5.82. The molecule has 104 valence electrons. The Morgan fingerprint density at radius 3 is 2.95 bits per heavy atom. The van der Waals surface area contributed by atoms with Gasteiger partial charge in [0.2, 0.25) is 0 Å². The predicted molar refractivity (Wildman–Crippen MR) is 71.8 cm³/mol. The second kappa shape index (κ2) is 7.23. The average molecular weight is 264 g/mol.